The minimum Gasteiger partial charge on any atom is -0.352 e. The first-order valence-electron chi connectivity index (χ1n) is 7.26. The predicted octanol–water partition coefficient (Wildman–Crippen LogP) is 0.573. The first kappa shape index (κ1) is 22.5. The molecule has 2 unspecified atom stereocenters. The van der Waals surface area contributed by atoms with E-state index in [1.54, 1.807) is 13.0 Å². The van der Waals surface area contributed by atoms with Crippen LogP contribution in [0.15, 0.2) is 17.1 Å². The molecule has 4 N–H and O–H groups in total. The summed E-state index contributed by atoms with van der Waals surface area (Å²) in [6, 6.07) is 1.60. The standard InChI is InChI=1S/C10H17N2O12P3/c1-7-4-5-12(10(13)11-7)9-3-2-8(22-9)6-21-26(17,18)24-27(19,20)23-25(14,15)16/h4-5,8-9H,2-3,6H2,1H3,(H,17,18)(H,19,20)(H2,14,15,16)/t8-,9+/m0/s1. The third kappa shape index (κ3) is 7.30. The highest BCUT2D eigenvalue weighted by Crippen LogP contribution is 2.66. The van der Waals surface area contributed by atoms with Gasteiger partial charge in [0.15, 0.2) is 0 Å². The Hall–Kier alpha value is -0.750. The molecule has 0 spiro atoms. The topological polar surface area (TPSA) is 204 Å². The molecule has 0 amide bonds. The van der Waals surface area contributed by atoms with Crippen LogP contribution in [-0.4, -0.2) is 41.8 Å². The molecule has 1 fully saturated rings. The minimum atomic E-state index is -5.56. The van der Waals surface area contributed by atoms with Crippen LogP contribution in [0.4, 0.5) is 0 Å². The van der Waals surface area contributed by atoms with Crippen molar-refractivity contribution in [2.24, 2.45) is 0 Å². The summed E-state index contributed by atoms with van der Waals surface area (Å²) in [5.74, 6) is 0. The molecule has 4 atom stereocenters. The van der Waals surface area contributed by atoms with Crippen molar-refractivity contribution in [3.8, 4) is 0 Å². The third-order valence-electron chi connectivity index (χ3n) is 3.20. The van der Waals surface area contributed by atoms with Crippen LogP contribution >= 0.6 is 23.5 Å². The molecule has 1 saturated heterocycles. The van der Waals surface area contributed by atoms with E-state index in [1.165, 1.54) is 10.8 Å². The average Bonchev–Trinajstić information content (AvgIpc) is 2.90. The van der Waals surface area contributed by atoms with Gasteiger partial charge in [-0.25, -0.2) is 18.5 Å². The fourth-order valence-corrected chi connectivity index (χ4v) is 5.26. The van der Waals surface area contributed by atoms with Gasteiger partial charge in [0.25, 0.3) is 0 Å². The van der Waals surface area contributed by atoms with E-state index in [0.29, 0.717) is 18.5 Å². The Morgan fingerprint density at radius 1 is 1.19 bits per heavy atom. The largest absolute Gasteiger partial charge is 0.490 e. The number of aryl methyl sites for hydroxylation is 1. The van der Waals surface area contributed by atoms with Gasteiger partial charge in [-0.1, -0.05) is 0 Å². The molecule has 17 heteroatoms. The lowest BCUT2D eigenvalue weighted by atomic mass is 10.2. The van der Waals surface area contributed by atoms with E-state index in [4.69, 9.17) is 19.4 Å². The smallest absolute Gasteiger partial charge is 0.352 e. The van der Waals surface area contributed by atoms with Crippen LogP contribution in [0.2, 0.25) is 0 Å². The number of nitrogens with zero attached hydrogens (tertiary/aromatic N) is 2. The maximum atomic E-state index is 11.8. The molecule has 154 valence electrons. The molecule has 27 heavy (non-hydrogen) atoms. The number of rotatable bonds is 8. The summed E-state index contributed by atoms with van der Waals surface area (Å²) in [5.41, 5.74) is -0.00741. The molecule has 0 bridgehead atoms. The van der Waals surface area contributed by atoms with Crippen molar-refractivity contribution < 1.29 is 51.2 Å². The Balaban J connectivity index is 1.91. The van der Waals surface area contributed by atoms with Crippen molar-refractivity contribution in [3.05, 3.63) is 28.4 Å². The zero-order valence-electron chi connectivity index (χ0n) is 13.7. The second-order valence-electron chi connectivity index (χ2n) is 5.44. The Bertz CT molecular complexity index is 880. The highest BCUT2D eigenvalue weighted by Gasteiger charge is 2.41. The van der Waals surface area contributed by atoms with Crippen molar-refractivity contribution in [2.45, 2.75) is 32.1 Å². The van der Waals surface area contributed by atoms with Gasteiger partial charge in [0.2, 0.25) is 0 Å². The van der Waals surface area contributed by atoms with E-state index in [9.17, 15) is 23.4 Å². The van der Waals surface area contributed by atoms with E-state index in [1.807, 2.05) is 0 Å². The monoisotopic (exact) mass is 450 g/mol. The molecule has 1 aromatic rings. The van der Waals surface area contributed by atoms with Crippen molar-refractivity contribution >= 4 is 23.5 Å². The summed E-state index contributed by atoms with van der Waals surface area (Å²) in [6.07, 6.45) is 0.740. The van der Waals surface area contributed by atoms with Gasteiger partial charge in [0.05, 0.1) is 12.7 Å². The number of hydrogen-bond donors (Lipinski definition) is 4. The number of ether oxygens (including phenoxy) is 1. The number of phosphoric acid groups is 3. The number of phosphoric ester groups is 1. The molecule has 1 aliphatic heterocycles. The van der Waals surface area contributed by atoms with Gasteiger partial charge >= 0.3 is 29.2 Å². The van der Waals surface area contributed by atoms with Gasteiger partial charge in [-0.05, 0) is 25.8 Å². The van der Waals surface area contributed by atoms with Crippen molar-refractivity contribution in [1.82, 2.24) is 9.55 Å². The Labute approximate surface area is 152 Å². The van der Waals surface area contributed by atoms with Gasteiger partial charge in [-0.2, -0.15) is 13.6 Å². The van der Waals surface area contributed by atoms with Crippen LogP contribution in [0.25, 0.3) is 0 Å². The van der Waals surface area contributed by atoms with Crippen LogP contribution in [0.3, 0.4) is 0 Å². The quantitative estimate of drug-likeness (QED) is 0.401. The van der Waals surface area contributed by atoms with Crippen molar-refractivity contribution in [2.75, 3.05) is 6.61 Å². The summed E-state index contributed by atoms with van der Waals surface area (Å²) in [5, 5.41) is 0. The van der Waals surface area contributed by atoms with E-state index in [2.05, 4.69) is 18.1 Å². The molecule has 2 rings (SSSR count). The lowest BCUT2D eigenvalue weighted by Crippen LogP contribution is -2.27. The van der Waals surface area contributed by atoms with E-state index >= 15 is 0 Å². The first-order chi connectivity index (χ1) is 12.3. The van der Waals surface area contributed by atoms with E-state index in [0.717, 1.165) is 0 Å². The zero-order valence-corrected chi connectivity index (χ0v) is 16.4. The number of aromatic nitrogens is 2. The summed E-state index contributed by atoms with van der Waals surface area (Å²) in [4.78, 5) is 50.9. The SMILES string of the molecule is Cc1ccn([C@H]2CC[C@@H](COP(=O)(O)OP(=O)(O)OP(=O)(O)O)O2)c(=O)n1. The minimum absolute atomic E-state index is 0.320. The molecule has 2 heterocycles. The lowest BCUT2D eigenvalue weighted by molar-refractivity contribution is -0.0243. The maximum absolute atomic E-state index is 11.8. The fraction of sp³-hybridized carbons (Fsp3) is 0.600. The van der Waals surface area contributed by atoms with Crippen molar-refractivity contribution in [3.63, 3.8) is 0 Å². The third-order valence-corrected chi connectivity index (χ3v) is 7.01. The molecule has 1 aromatic heterocycles. The van der Waals surface area contributed by atoms with Crippen molar-refractivity contribution in [1.29, 1.82) is 0 Å². The predicted molar refractivity (Wildman–Crippen MR) is 86.2 cm³/mol. The van der Waals surface area contributed by atoms with Crippen LogP contribution in [0.1, 0.15) is 24.8 Å². The van der Waals surface area contributed by atoms with Gasteiger partial charge in [-0.15, -0.1) is 0 Å². The van der Waals surface area contributed by atoms with Gasteiger partial charge in [0, 0.05) is 11.9 Å². The fourth-order valence-electron chi connectivity index (χ4n) is 2.21. The van der Waals surface area contributed by atoms with Gasteiger partial charge in [0.1, 0.15) is 6.23 Å². The van der Waals surface area contributed by atoms with Crippen LogP contribution in [0, 0.1) is 6.92 Å². The normalized spacial score (nSPS) is 25.1. The zero-order chi connectivity index (χ0) is 20.5. The highest BCUT2D eigenvalue weighted by atomic mass is 31.3. The molecule has 0 aromatic carbocycles. The second-order valence-corrected chi connectivity index (χ2v) is 9.86. The first-order valence-corrected chi connectivity index (χ1v) is 11.8. The van der Waals surface area contributed by atoms with Crippen LogP contribution in [0.5, 0.6) is 0 Å². The van der Waals surface area contributed by atoms with Crippen LogP contribution in [-0.2, 0) is 31.6 Å². The van der Waals surface area contributed by atoms with E-state index in [-0.39, 0.29) is 0 Å². The van der Waals surface area contributed by atoms with E-state index < -0.39 is 48.1 Å². The highest BCUT2D eigenvalue weighted by molar-refractivity contribution is 7.66. The summed E-state index contributed by atoms with van der Waals surface area (Å²) in [7, 11) is -16.2. The number of hydrogen-bond acceptors (Lipinski definition) is 9. The molecule has 0 saturated carbocycles. The molecular formula is C10H17N2O12P3. The van der Waals surface area contributed by atoms with Crippen LogP contribution < -0.4 is 5.69 Å². The Kier molecular flexibility index (Phi) is 6.94. The molecular weight excluding hydrogens is 433 g/mol. The maximum Gasteiger partial charge on any atom is 0.490 e. The Morgan fingerprint density at radius 3 is 2.44 bits per heavy atom. The summed E-state index contributed by atoms with van der Waals surface area (Å²) < 4.78 is 51.8. The summed E-state index contributed by atoms with van der Waals surface area (Å²) >= 11 is 0. The molecule has 14 nitrogen and oxygen atoms in total. The van der Waals surface area contributed by atoms with Gasteiger partial charge < -0.3 is 24.3 Å². The van der Waals surface area contributed by atoms with Gasteiger partial charge in [-0.3, -0.25) is 9.09 Å². The average molecular weight is 450 g/mol. The molecule has 1 aliphatic rings. The molecule has 0 aliphatic carbocycles. The summed E-state index contributed by atoms with van der Waals surface area (Å²) in [6.45, 7) is 1.08. The Morgan fingerprint density at radius 2 is 1.85 bits per heavy atom. The molecule has 0 radical (unpaired) electrons. The second kappa shape index (κ2) is 8.32. The lowest BCUT2D eigenvalue weighted by Gasteiger charge is -2.18.